The second-order valence-electron chi connectivity index (χ2n) is 4.72. The first-order chi connectivity index (χ1) is 5.34. The third kappa shape index (κ3) is 0.618. The first-order valence-corrected chi connectivity index (χ1v) is 5.03. The Bertz CT molecular complexity index is 181. The average molecular weight is 152 g/mol. The van der Waals surface area contributed by atoms with Crippen molar-refractivity contribution in [1.82, 2.24) is 0 Å². The highest BCUT2D eigenvalue weighted by Gasteiger charge is 2.69. The summed E-state index contributed by atoms with van der Waals surface area (Å²) >= 11 is 0. The first-order valence-electron chi connectivity index (χ1n) is 5.03. The average Bonchev–Trinajstić information content (AvgIpc) is 2.30. The zero-order valence-corrected chi connectivity index (χ0v) is 6.92. The van der Waals surface area contributed by atoms with Crippen molar-refractivity contribution in [2.75, 3.05) is 0 Å². The molecule has 3 rings (SSSR count). The highest BCUT2D eigenvalue weighted by atomic mass is 16.3. The highest BCUT2D eigenvalue weighted by Crippen LogP contribution is 2.73. The van der Waals surface area contributed by atoms with Crippen molar-refractivity contribution in [2.24, 2.45) is 17.3 Å². The number of hydrogen-bond donors (Lipinski definition) is 1. The van der Waals surface area contributed by atoms with Gasteiger partial charge in [-0.1, -0.05) is 12.8 Å². The highest BCUT2D eigenvalue weighted by molar-refractivity contribution is 5.17. The van der Waals surface area contributed by atoms with Crippen LogP contribution >= 0.6 is 0 Å². The molecule has 1 N–H and O–H groups in total. The second kappa shape index (κ2) is 1.82. The summed E-state index contributed by atoms with van der Waals surface area (Å²) in [5.41, 5.74) is 0.678. The molecule has 3 fully saturated rings. The summed E-state index contributed by atoms with van der Waals surface area (Å²) in [7, 11) is 0. The fourth-order valence-electron chi connectivity index (χ4n) is 4.00. The van der Waals surface area contributed by atoms with E-state index in [1.807, 2.05) is 0 Å². The lowest BCUT2D eigenvalue weighted by molar-refractivity contribution is 0.131. The van der Waals surface area contributed by atoms with Gasteiger partial charge in [-0.15, -0.1) is 0 Å². The maximum Gasteiger partial charge on any atom is 0.0576 e. The molecule has 0 radical (unpaired) electrons. The van der Waals surface area contributed by atoms with Crippen molar-refractivity contribution in [3.8, 4) is 0 Å². The van der Waals surface area contributed by atoms with Crippen LogP contribution in [0.2, 0.25) is 0 Å². The molecule has 0 saturated heterocycles. The molecular weight excluding hydrogens is 136 g/mol. The van der Waals surface area contributed by atoms with Crippen molar-refractivity contribution < 1.29 is 5.11 Å². The smallest absolute Gasteiger partial charge is 0.0576 e. The van der Waals surface area contributed by atoms with Crippen LogP contribution in [0, 0.1) is 17.3 Å². The molecule has 0 amide bonds. The van der Waals surface area contributed by atoms with Gasteiger partial charge in [-0.05, 0) is 42.9 Å². The third-order valence-electron chi connectivity index (χ3n) is 4.45. The molecule has 0 aromatic rings. The van der Waals surface area contributed by atoms with Crippen LogP contribution in [0.4, 0.5) is 0 Å². The predicted octanol–water partition coefficient (Wildman–Crippen LogP) is 1.95. The van der Waals surface area contributed by atoms with E-state index in [4.69, 9.17) is 0 Å². The minimum absolute atomic E-state index is 0.0816. The number of hydrogen-bond acceptors (Lipinski definition) is 1. The Kier molecular flexibility index (Phi) is 1.07. The van der Waals surface area contributed by atoms with E-state index < -0.39 is 0 Å². The SMILES string of the molecule is O[C@@H]1CCC2C1C21CCCC1. The van der Waals surface area contributed by atoms with E-state index in [2.05, 4.69) is 0 Å². The minimum Gasteiger partial charge on any atom is -0.393 e. The molecule has 3 aliphatic rings. The van der Waals surface area contributed by atoms with Gasteiger partial charge in [-0.25, -0.2) is 0 Å². The maximum absolute atomic E-state index is 9.66. The fourth-order valence-corrected chi connectivity index (χ4v) is 4.00. The minimum atomic E-state index is 0.0816. The largest absolute Gasteiger partial charge is 0.393 e. The normalized spacial score (nSPS) is 51.5. The molecule has 1 nitrogen and oxygen atoms in total. The molecule has 11 heavy (non-hydrogen) atoms. The van der Waals surface area contributed by atoms with Gasteiger partial charge < -0.3 is 5.11 Å². The van der Waals surface area contributed by atoms with Gasteiger partial charge >= 0.3 is 0 Å². The Hall–Kier alpha value is -0.0400. The summed E-state index contributed by atoms with van der Waals surface area (Å²) in [4.78, 5) is 0. The Balaban J connectivity index is 1.84. The molecule has 0 heterocycles. The summed E-state index contributed by atoms with van der Waals surface area (Å²) in [5, 5.41) is 9.66. The lowest BCUT2D eigenvalue weighted by atomic mass is 9.93. The van der Waals surface area contributed by atoms with Gasteiger partial charge in [0.15, 0.2) is 0 Å². The number of aliphatic hydroxyl groups excluding tert-OH is 1. The first kappa shape index (κ1) is 6.47. The van der Waals surface area contributed by atoms with Gasteiger partial charge in [0.25, 0.3) is 0 Å². The molecule has 0 aromatic carbocycles. The van der Waals surface area contributed by atoms with Gasteiger partial charge in [0, 0.05) is 0 Å². The van der Waals surface area contributed by atoms with Gasteiger partial charge in [-0.2, -0.15) is 0 Å². The predicted molar refractivity (Wildman–Crippen MR) is 43.1 cm³/mol. The van der Waals surface area contributed by atoms with Crippen molar-refractivity contribution in [2.45, 2.75) is 44.6 Å². The zero-order valence-electron chi connectivity index (χ0n) is 6.92. The van der Waals surface area contributed by atoms with Crippen LogP contribution in [-0.4, -0.2) is 11.2 Å². The molecule has 3 saturated carbocycles. The van der Waals surface area contributed by atoms with Crippen LogP contribution in [0.15, 0.2) is 0 Å². The zero-order chi connectivity index (χ0) is 7.47. The second-order valence-corrected chi connectivity index (χ2v) is 4.72. The molecule has 1 heteroatoms. The lowest BCUT2D eigenvalue weighted by Gasteiger charge is -2.15. The topological polar surface area (TPSA) is 20.2 Å². The molecule has 62 valence electrons. The Morgan fingerprint density at radius 2 is 1.82 bits per heavy atom. The summed E-state index contributed by atoms with van der Waals surface area (Å²) in [6.07, 6.45) is 8.22. The molecule has 3 atom stereocenters. The Labute approximate surface area is 67.8 Å². The number of fused-ring (bicyclic) bond motifs is 3. The van der Waals surface area contributed by atoms with E-state index in [1.165, 1.54) is 32.1 Å². The lowest BCUT2D eigenvalue weighted by Crippen LogP contribution is -2.13. The Morgan fingerprint density at radius 1 is 1.09 bits per heavy atom. The van der Waals surface area contributed by atoms with Crippen LogP contribution in [0.1, 0.15) is 38.5 Å². The van der Waals surface area contributed by atoms with Crippen LogP contribution in [0.3, 0.4) is 0 Å². The molecular formula is C10H16O. The van der Waals surface area contributed by atoms with E-state index in [1.54, 1.807) is 0 Å². The van der Waals surface area contributed by atoms with Crippen molar-refractivity contribution in [3.63, 3.8) is 0 Å². The van der Waals surface area contributed by atoms with E-state index in [-0.39, 0.29) is 6.10 Å². The summed E-state index contributed by atoms with van der Waals surface area (Å²) < 4.78 is 0. The monoisotopic (exact) mass is 152 g/mol. The van der Waals surface area contributed by atoms with Crippen molar-refractivity contribution in [1.29, 1.82) is 0 Å². The number of aliphatic hydroxyl groups is 1. The van der Waals surface area contributed by atoms with Crippen LogP contribution in [0.25, 0.3) is 0 Å². The van der Waals surface area contributed by atoms with Crippen LogP contribution in [-0.2, 0) is 0 Å². The van der Waals surface area contributed by atoms with Crippen molar-refractivity contribution >= 4 is 0 Å². The van der Waals surface area contributed by atoms with Gasteiger partial charge in [0.1, 0.15) is 0 Å². The van der Waals surface area contributed by atoms with Crippen LogP contribution < -0.4 is 0 Å². The van der Waals surface area contributed by atoms with E-state index in [0.29, 0.717) is 5.41 Å². The molecule has 0 aromatic heterocycles. The number of rotatable bonds is 0. The molecule has 3 aliphatic carbocycles. The Morgan fingerprint density at radius 3 is 2.36 bits per heavy atom. The quantitative estimate of drug-likeness (QED) is 0.562. The van der Waals surface area contributed by atoms with Crippen LogP contribution in [0.5, 0.6) is 0 Å². The van der Waals surface area contributed by atoms with Gasteiger partial charge in [-0.3, -0.25) is 0 Å². The molecule has 0 bridgehead atoms. The standard InChI is InChI=1S/C10H16O/c11-8-4-3-7-9(8)10(7)5-1-2-6-10/h7-9,11H,1-6H2/t7?,8-,9?/m1/s1. The maximum atomic E-state index is 9.66. The van der Waals surface area contributed by atoms with Crippen molar-refractivity contribution in [3.05, 3.63) is 0 Å². The van der Waals surface area contributed by atoms with Gasteiger partial charge in [0.05, 0.1) is 6.10 Å². The van der Waals surface area contributed by atoms with Gasteiger partial charge in [0.2, 0.25) is 0 Å². The molecule has 1 spiro atoms. The fraction of sp³-hybridized carbons (Fsp3) is 1.00. The van der Waals surface area contributed by atoms with E-state index in [9.17, 15) is 5.11 Å². The van der Waals surface area contributed by atoms with E-state index in [0.717, 1.165) is 18.3 Å². The molecule has 2 unspecified atom stereocenters. The summed E-state index contributed by atoms with van der Waals surface area (Å²) in [6, 6.07) is 0. The van der Waals surface area contributed by atoms with E-state index >= 15 is 0 Å². The summed E-state index contributed by atoms with van der Waals surface area (Å²) in [5.74, 6) is 1.69. The summed E-state index contributed by atoms with van der Waals surface area (Å²) in [6.45, 7) is 0. The third-order valence-corrected chi connectivity index (χ3v) is 4.45. The molecule has 0 aliphatic heterocycles.